The molecule has 3 nitrogen and oxygen atoms in total. The summed E-state index contributed by atoms with van der Waals surface area (Å²) in [7, 11) is 0. The van der Waals surface area contributed by atoms with E-state index in [9.17, 15) is 0 Å². The van der Waals surface area contributed by atoms with Crippen LogP contribution in [0.5, 0.6) is 0 Å². The number of nitrogen functional groups attached to an aromatic ring is 1. The van der Waals surface area contributed by atoms with Gasteiger partial charge in [0.05, 0.1) is 27.6 Å². The third-order valence-electron chi connectivity index (χ3n) is 3.19. The largest absolute Gasteiger partial charge is 0.397 e. The predicted octanol–water partition coefficient (Wildman–Crippen LogP) is 4.52. The molecular formula is C16H14ClN3. The Labute approximate surface area is 122 Å². The fourth-order valence-corrected chi connectivity index (χ4v) is 2.40. The number of pyridine rings is 1. The third-order valence-corrected chi connectivity index (χ3v) is 3.52. The minimum Gasteiger partial charge on any atom is -0.397 e. The molecule has 2 aromatic carbocycles. The van der Waals surface area contributed by atoms with Gasteiger partial charge in [-0.3, -0.25) is 4.98 Å². The lowest BCUT2D eigenvalue weighted by Crippen LogP contribution is -1.98. The van der Waals surface area contributed by atoms with Gasteiger partial charge in [-0.25, -0.2) is 0 Å². The number of hydrogen-bond donors (Lipinski definition) is 2. The van der Waals surface area contributed by atoms with Crippen molar-refractivity contribution in [1.29, 1.82) is 0 Å². The van der Waals surface area contributed by atoms with Crippen LogP contribution < -0.4 is 11.1 Å². The second-order valence-electron chi connectivity index (χ2n) is 4.71. The minimum absolute atomic E-state index is 0.690. The lowest BCUT2D eigenvalue weighted by atomic mass is 10.1. The molecule has 1 heterocycles. The lowest BCUT2D eigenvalue weighted by Gasteiger charge is -2.12. The Bertz CT molecular complexity index is 784. The topological polar surface area (TPSA) is 50.9 Å². The molecule has 0 aliphatic carbocycles. The molecule has 0 saturated carbocycles. The molecule has 0 fully saturated rings. The van der Waals surface area contributed by atoms with Gasteiger partial charge in [0.2, 0.25) is 0 Å². The molecular weight excluding hydrogens is 270 g/mol. The van der Waals surface area contributed by atoms with Crippen molar-refractivity contribution in [3.05, 3.63) is 59.2 Å². The summed E-state index contributed by atoms with van der Waals surface area (Å²) >= 11 is 6.19. The molecule has 3 aromatic rings. The normalized spacial score (nSPS) is 10.7. The average Bonchev–Trinajstić information content (AvgIpc) is 2.45. The van der Waals surface area contributed by atoms with Crippen molar-refractivity contribution in [3.8, 4) is 0 Å². The summed E-state index contributed by atoms with van der Waals surface area (Å²) in [5, 5.41) is 4.93. The maximum absolute atomic E-state index is 6.19. The highest BCUT2D eigenvalue weighted by molar-refractivity contribution is 6.35. The summed E-state index contributed by atoms with van der Waals surface area (Å²) < 4.78 is 0. The van der Waals surface area contributed by atoms with Gasteiger partial charge >= 0.3 is 0 Å². The van der Waals surface area contributed by atoms with E-state index in [1.807, 2.05) is 49.4 Å². The van der Waals surface area contributed by atoms with Crippen molar-refractivity contribution in [2.75, 3.05) is 11.1 Å². The second kappa shape index (κ2) is 5.02. The first-order chi connectivity index (χ1) is 9.65. The molecule has 3 N–H and O–H groups in total. The van der Waals surface area contributed by atoms with Crippen LogP contribution >= 0.6 is 11.6 Å². The van der Waals surface area contributed by atoms with Crippen LogP contribution in [0.2, 0.25) is 5.02 Å². The van der Waals surface area contributed by atoms with E-state index in [1.54, 1.807) is 6.20 Å². The number of aromatic nitrogens is 1. The van der Waals surface area contributed by atoms with Crippen molar-refractivity contribution < 1.29 is 0 Å². The molecule has 0 amide bonds. The van der Waals surface area contributed by atoms with Gasteiger partial charge in [0.1, 0.15) is 0 Å². The monoisotopic (exact) mass is 283 g/mol. The summed E-state index contributed by atoms with van der Waals surface area (Å²) in [6, 6.07) is 13.5. The number of rotatable bonds is 2. The van der Waals surface area contributed by atoms with Crippen molar-refractivity contribution in [2.45, 2.75) is 6.92 Å². The molecule has 3 rings (SSSR count). The van der Waals surface area contributed by atoms with Gasteiger partial charge in [-0.15, -0.1) is 0 Å². The molecule has 0 aliphatic rings. The van der Waals surface area contributed by atoms with Crippen LogP contribution in [0.1, 0.15) is 5.56 Å². The Kier molecular flexibility index (Phi) is 3.20. The van der Waals surface area contributed by atoms with E-state index >= 15 is 0 Å². The molecule has 0 radical (unpaired) electrons. The van der Waals surface area contributed by atoms with Crippen LogP contribution in [0.25, 0.3) is 10.9 Å². The van der Waals surface area contributed by atoms with E-state index in [4.69, 9.17) is 17.3 Å². The van der Waals surface area contributed by atoms with Gasteiger partial charge < -0.3 is 11.1 Å². The molecule has 0 bridgehead atoms. The first-order valence-corrected chi connectivity index (χ1v) is 6.69. The van der Waals surface area contributed by atoms with E-state index < -0.39 is 0 Å². The number of nitrogens with zero attached hydrogens (tertiary/aromatic N) is 1. The van der Waals surface area contributed by atoms with Crippen LogP contribution in [-0.2, 0) is 0 Å². The van der Waals surface area contributed by atoms with Crippen molar-refractivity contribution in [3.63, 3.8) is 0 Å². The number of hydrogen-bond acceptors (Lipinski definition) is 3. The van der Waals surface area contributed by atoms with Crippen molar-refractivity contribution in [2.24, 2.45) is 0 Å². The summed E-state index contributed by atoms with van der Waals surface area (Å²) in [5.41, 5.74) is 10.5. The maximum atomic E-state index is 6.19. The van der Waals surface area contributed by atoms with E-state index in [-0.39, 0.29) is 0 Å². The highest BCUT2D eigenvalue weighted by Gasteiger charge is 2.07. The first kappa shape index (κ1) is 12.8. The highest BCUT2D eigenvalue weighted by atomic mass is 35.5. The number of benzene rings is 2. The highest BCUT2D eigenvalue weighted by Crippen LogP contribution is 2.31. The lowest BCUT2D eigenvalue weighted by molar-refractivity contribution is 1.40. The van der Waals surface area contributed by atoms with Crippen LogP contribution in [0, 0.1) is 6.92 Å². The van der Waals surface area contributed by atoms with Crippen LogP contribution in [0.15, 0.2) is 48.7 Å². The Morgan fingerprint density at radius 3 is 2.70 bits per heavy atom. The second-order valence-corrected chi connectivity index (χ2v) is 5.12. The number of nitrogens with one attached hydrogen (secondary N) is 1. The predicted molar refractivity (Wildman–Crippen MR) is 85.6 cm³/mol. The van der Waals surface area contributed by atoms with Crippen molar-refractivity contribution in [1.82, 2.24) is 4.98 Å². The average molecular weight is 284 g/mol. The smallest absolute Gasteiger partial charge is 0.0951 e. The van der Waals surface area contributed by atoms with Gasteiger partial charge in [0.25, 0.3) is 0 Å². The summed E-state index contributed by atoms with van der Waals surface area (Å²) in [6.45, 7) is 2.01. The van der Waals surface area contributed by atoms with Gasteiger partial charge in [-0.05, 0) is 48.9 Å². The Morgan fingerprint density at radius 1 is 1.10 bits per heavy atom. The SMILES string of the molecule is Cc1ccc(Nc2ccc(Cl)c3cccnc23)c(N)c1. The zero-order valence-electron chi connectivity index (χ0n) is 11.0. The fourth-order valence-electron chi connectivity index (χ4n) is 2.18. The molecule has 4 heteroatoms. The quantitative estimate of drug-likeness (QED) is 0.680. The van der Waals surface area contributed by atoms with Gasteiger partial charge in [0, 0.05) is 11.6 Å². The zero-order chi connectivity index (χ0) is 14.1. The summed E-state index contributed by atoms with van der Waals surface area (Å²) in [4.78, 5) is 4.40. The molecule has 20 heavy (non-hydrogen) atoms. The molecule has 0 spiro atoms. The van der Waals surface area contributed by atoms with E-state index in [0.29, 0.717) is 10.7 Å². The van der Waals surface area contributed by atoms with Crippen molar-refractivity contribution >= 4 is 39.6 Å². The Morgan fingerprint density at radius 2 is 1.90 bits per heavy atom. The van der Waals surface area contributed by atoms with Gasteiger partial charge in [-0.1, -0.05) is 17.7 Å². The Hall–Kier alpha value is -2.26. The summed E-state index contributed by atoms with van der Waals surface area (Å²) in [5.74, 6) is 0. The molecule has 0 aliphatic heterocycles. The van der Waals surface area contributed by atoms with E-state index in [1.165, 1.54) is 0 Å². The van der Waals surface area contributed by atoms with E-state index in [2.05, 4.69) is 10.3 Å². The van der Waals surface area contributed by atoms with Crippen LogP contribution in [-0.4, -0.2) is 4.98 Å². The zero-order valence-corrected chi connectivity index (χ0v) is 11.8. The maximum Gasteiger partial charge on any atom is 0.0951 e. The van der Waals surface area contributed by atoms with E-state index in [0.717, 1.165) is 27.8 Å². The number of nitrogens with two attached hydrogens (primary N) is 1. The fraction of sp³-hybridized carbons (Fsp3) is 0.0625. The molecule has 0 atom stereocenters. The molecule has 0 unspecified atom stereocenters. The van der Waals surface area contributed by atoms with Gasteiger partial charge in [0.15, 0.2) is 0 Å². The van der Waals surface area contributed by atoms with Crippen LogP contribution in [0.3, 0.4) is 0 Å². The minimum atomic E-state index is 0.690. The summed E-state index contributed by atoms with van der Waals surface area (Å²) in [6.07, 6.45) is 1.75. The Balaban J connectivity index is 2.09. The number of fused-ring (bicyclic) bond motifs is 1. The van der Waals surface area contributed by atoms with Gasteiger partial charge in [-0.2, -0.15) is 0 Å². The molecule has 100 valence electrons. The number of anilines is 3. The third kappa shape index (κ3) is 2.28. The first-order valence-electron chi connectivity index (χ1n) is 6.31. The van der Waals surface area contributed by atoms with Crippen LogP contribution in [0.4, 0.5) is 17.1 Å². The standard InChI is InChI=1S/C16H14ClN3/c1-10-4-6-14(13(18)9-10)20-15-7-5-12(17)11-3-2-8-19-16(11)15/h2-9,20H,18H2,1H3. The number of aryl methyl sites for hydroxylation is 1. The molecule has 1 aromatic heterocycles. The molecule has 0 saturated heterocycles. The number of halogens is 1.